The highest BCUT2D eigenvalue weighted by Gasteiger charge is 2.25. The van der Waals surface area contributed by atoms with Crippen LogP contribution in [0.1, 0.15) is 45.6 Å². The van der Waals surface area contributed by atoms with Crippen LogP contribution >= 0.6 is 0 Å². The average Bonchev–Trinajstić information content (AvgIpc) is 2.70. The predicted molar refractivity (Wildman–Crippen MR) is 61.5 cm³/mol. The molecule has 1 aromatic rings. The van der Waals surface area contributed by atoms with Crippen molar-refractivity contribution in [2.45, 2.75) is 57.8 Å². The Bertz CT molecular complexity index is 336. The number of rotatable bonds is 3. The lowest BCUT2D eigenvalue weighted by molar-refractivity contribution is 0.00681. The third-order valence-corrected chi connectivity index (χ3v) is 3.06. The van der Waals surface area contributed by atoms with Crippen molar-refractivity contribution >= 4 is 0 Å². The van der Waals surface area contributed by atoms with Crippen LogP contribution in [0.4, 0.5) is 0 Å². The zero-order chi connectivity index (χ0) is 11.5. The fraction of sp³-hybridized carbons (Fsp3) is 0.750. The minimum absolute atomic E-state index is 0.0569. The summed E-state index contributed by atoms with van der Waals surface area (Å²) >= 11 is 0. The lowest BCUT2D eigenvalue weighted by atomic mass is 9.95. The highest BCUT2D eigenvalue weighted by Crippen LogP contribution is 2.24. The van der Waals surface area contributed by atoms with Crippen molar-refractivity contribution in [1.29, 1.82) is 0 Å². The molecule has 2 rings (SSSR count). The van der Waals surface area contributed by atoms with Gasteiger partial charge in [0.15, 0.2) is 5.75 Å². The molecule has 1 aliphatic rings. The minimum Gasteiger partial charge on any atom is -0.484 e. The standard InChI is InChI=1S/C12H20N2O2/c1-9(2)14-8-10(7-13-14)16-12-6-4-3-5-11(12)15/h7-9,11-12,15H,3-6H2,1-2H3/t11-,12-/m0/s1. The van der Waals surface area contributed by atoms with Crippen LogP contribution in [-0.2, 0) is 0 Å². The van der Waals surface area contributed by atoms with Gasteiger partial charge in [-0.15, -0.1) is 0 Å². The number of hydrogen-bond acceptors (Lipinski definition) is 3. The summed E-state index contributed by atoms with van der Waals surface area (Å²) in [5.41, 5.74) is 0. The molecule has 1 saturated carbocycles. The summed E-state index contributed by atoms with van der Waals surface area (Å²) in [4.78, 5) is 0. The van der Waals surface area contributed by atoms with E-state index in [-0.39, 0.29) is 12.2 Å². The van der Waals surface area contributed by atoms with Gasteiger partial charge in [-0.1, -0.05) is 6.42 Å². The Balaban J connectivity index is 1.97. The van der Waals surface area contributed by atoms with Crippen LogP contribution in [0, 0.1) is 0 Å². The van der Waals surface area contributed by atoms with Crippen molar-refractivity contribution in [2.75, 3.05) is 0 Å². The molecule has 1 heterocycles. The van der Waals surface area contributed by atoms with Crippen LogP contribution in [0.15, 0.2) is 12.4 Å². The Morgan fingerprint density at radius 3 is 2.81 bits per heavy atom. The van der Waals surface area contributed by atoms with Crippen molar-refractivity contribution in [2.24, 2.45) is 0 Å². The number of nitrogens with zero attached hydrogens (tertiary/aromatic N) is 2. The molecule has 0 amide bonds. The summed E-state index contributed by atoms with van der Waals surface area (Å²) in [5.74, 6) is 0.764. The molecule has 1 fully saturated rings. The van der Waals surface area contributed by atoms with Gasteiger partial charge in [0.1, 0.15) is 6.10 Å². The van der Waals surface area contributed by atoms with Crippen LogP contribution in [-0.4, -0.2) is 27.1 Å². The predicted octanol–water partition coefficient (Wildman–Crippen LogP) is 2.15. The molecule has 0 aliphatic heterocycles. The first-order valence-corrected chi connectivity index (χ1v) is 6.05. The van der Waals surface area contributed by atoms with Gasteiger partial charge in [-0.05, 0) is 33.1 Å². The molecule has 4 heteroatoms. The van der Waals surface area contributed by atoms with Crippen LogP contribution in [0.2, 0.25) is 0 Å². The van der Waals surface area contributed by atoms with Gasteiger partial charge in [-0.25, -0.2) is 0 Å². The van der Waals surface area contributed by atoms with E-state index in [2.05, 4.69) is 18.9 Å². The van der Waals surface area contributed by atoms with E-state index in [4.69, 9.17) is 4.74 Å². The molecule has 1 aromatic heterocycles. The molecule has 4 nitrogen and oxygen atoms in total. The third-order valence-electron chi connectivity index (χ3n) is 3.06. The van der Waals surface area contributed by atoms with E-state index in [1.165, 1.54) is 0 Å². The molecule has 0 bridgehead atoms. The van der Waals surface area contributed by atoms with Crippen LogP contribution < -0.4 is 4.74 Å². The zero-order valence-corrected chi connectivity index (χ0v) is 9.97. The van der Waals surface area contributed by atoms with Crippen molar-refractivity contribution in [3.8, 4) is 5.75 Å². The Morgan fingerprint density at radius 2 is 2.19 bits per heavy atom. The Kier molecular flexibility index (Phi) is 3.49. The summed E-state index contributed by atoms with van der Waals surface area (Å²) in [6.07, 6.45) is 7.27. The smallest absolute Gasteiger partial charge is 0.157 e. The van der Waals surface area contributed by atoms with E-state index >= 15 is 0 Å². The lowest BCUT2D eigenvalue weighted by Gasteiger charge is -2.27. The van der Waals surface area contributed by atoms with Gasteiger partial charge < -0.3 is 9.84 Å². The first-order chi connectivity index (χ1) is 7.66. The number of ether oxygens (including phenoxy) is 1. The number of aromatic nitrogens is 2. The van der Waals surface area contributed by atoms with Gasteiger partial charge in [0.25, 0.3) is 0 Å². The van der Waals surface area contributed by atoms with E-state index in [0.29, 0.717) is 6.04 Å². The summed E-state index contributed by atoms with van der Waals surface area (Å²) < 4.78 is 7.63. The molecule has 1 N–H and O–H groups in total. The van der Waals surface area contributed by atoms with Crippen LogP contribution in [0.3, 0.4) is 0 Å². The molecular formula is C12H20N2O2. The Hall–Kier alpha value is -1.03. The molecule has 0 radical (unpaired) electrons. The zero-order valence-electron chi connectivity index (χ0n) is 9.97. The van der Waals surface area contributed by atoms with Crippen molar-refractivity contribution < 1.29 is 9.84 Å². The van der Waals surface area contributed by atoms with Crippen molar-refractivity contribution in [3.63, 3.8) is 0 Å². The third kappa shape index (κ3) is 2.55. The highest BCUT2D eigenvalue weighted by atomic mass is 16.5. The maximum Gasteiger partial charge on any atom is 0.157 e. The number of aliphatic hydroxyl groups excluding tert-OH is 1. The average molecular weight is 224 g/mol. The summed E-state index contributed by atoms with van der Waals surface area (Å²) in [6.45, 7) is 4.15. The largest absolute Gasteiger partial charge is 0.484 e. The first-order valence-electron chi connectivity index (χ1n) is 6.05. The topological polar surface area (TPSA) is 47.3 Å². The van der Waals surface area contributed by atoms with Crippen LogP contribution in [0.5, 0.6) is 5.75 Å². The fourth-order valence-corrected chi connectivity index (χ4v) is 2.05. The van der Waals surface area contributed by atoms with E-state index < -0.39 is 0 Å². The van der Waals surface area contributed by atoms with Gasteiger partial charge in [-0.3, -0.25) is 4.68 Å². The summed E-state index contributed by atoms with van der Waals surface area (Å²) in [5, 5.41) is 14.0. The quantitative estimate of drug-likeness (QED) is 0.855. The fourth-order valence-electron chi connectivity index (χ4n) is 2.05. The molecule has 0 spiro atoms. The maximum absolute atomic E-state index is 9.79. The van der Waals surface area contributed by atoms with Crippen molar-refractivity contribution in [1.82, 2.24) is 9.78 Å². The highest BCUT2D eigenvalue weighted by molar-refractivity contribution is 5.13. The monoisotopic (exact) mass is 224 g/mol. The number of aliphatic hydroxyl groups is 1. The van der Waals surface area contributed by atoms with Gasteiger partial charge in [0.2, 0.25) is 0 Å². The molecule has 16 heavy (non-hydrogen) atoms. The first kappa shape index (κ1) is 11.5. The second-order valence-corrected chi connectivity index (χ2v) is 4.76. The van der Waals surface area contributed by atoms with Gasteiger partial charge in [0, 0.05) is 6.04 Å². The minimum atomic E-state index is -0.323. The van der Waals surface area contributed by atoms with E-state index in [1.54, 1.807) is 6.20 Å². The van der Waals surface area contributed by atoms with E-state index in [1.807, 2.05) is 10.9 Å². The maximum atomic E-state index is 9.79. The van der Waals surface area contributed by atoms with Crippen molar-refractivity contribution in [3.05, 3.63) is 12.4 Å². The summed E-state index contributed by atoms with van der Waals surface area (Å²) in [7, 11) is 0. The Labute approximate surface area is 96.2 Å². The molecule has 0 saturated heterocycles. The number of hydrogen-bond donors (Lipinski definition) is 1. The van der Waals surface area contributed by atoms with E-state index in [0.717, 1.165) is 31.4 Å². The second-order valence-electron chi connectivity index (χ2n) is 4.76. The molecule has 1 aliphatic carbocycles. The van der Waals surface area contributed by atoms with Gasteiger partial charge in [-0.2, -0.15) is 5.10 Å². The summed E-state index contributed by atoms with van der Waals surface area (Å²) in [6, 6.07) is 0.341. The Morgan fingerprint density at radius 1 is 1.44 bits per heavy atom. The SMILES string of the molecule is CC(C)n1cc(O[C@H]2CCCC[C@@H]2O)cn1. The molecular weight excluding hydrogens is 204 g/mol. The molecule has 90 valence electrons. The second kappa shape index (κ2) is 4.87. The molecule has 0 aromatic carbocycles. The van der Waals surface area contributed by atoms with Crippen LogP contribution in [0.25, 0.3) is 0 Å². The molecule has 2 atom stereocenters. The van der Waals surface area contributed by atoms with Gasteiger partial charge >= 0.3 is 0 Å². The van der Waals surface area contributed by atoms with E-state index in [9.17, 15) is 5.11 Å². The molecule has 0 unspecified atom stereocenters. The van der Waals surface area contributed by atoms with Gasteiger partial charge in [0.05, 0.1) is 18.5 Å². The lowest BCUT2D eigenvalue weighted by Crippen LogP contribution is -2.34. The normalized spacial score (nSPS) is 26.0.